The molecule has 6 heteroatoms. The Balaban J connectivity index is 1.90. The molecule has 0 unspecified atom stereocenters. The van der Waals surface area contributed by atoms with E-state index in [1.54, 1.807) is 11.3 Å². The fraction of sp³-hybridized carbons (Fsp3) is 0.571. The second kappa shape index (κ2) is 5.97. The minimum atomic E-state index is -0.482. The van der Waals surface area contributed by atoms with E-state index in [0.717, 1.165) is 18.8 Å². The third kappa shape index (κ3) is 3.61. The number of anilines is 1. The monoisotopic (exact) mass is 297 g/mol. The van der Waals surface area contributed by atoms with Gasteiger partial charge in [0, 0.05) is 19.3 Å². The maximum Gasteiger partial charge on any atom is 0.330 e. The summed E-state index contributed by atoms with van der Waals surface area (Å²) in [4.78, 5) is 23.4. The molecule has 0 bridgehead atoms. The van der Waals surface area contributed by atoms with Gasteiger partial charge >= 0.3 is 5.97 Å². The van der Waals surface area contributed by atoms with Crippen molar-refractivity contribution in [1.29, 1.82) is 0 Å². The molecule has 1 aliphatic heterocycles. The zero-order chi connectivity index (χ0) is 14.8. The Labute approximate surface area is 124 Å². The Morgan fingerprint density at radius 2 is 1.95 bits per heavy atom. The zero-order valence-electron chi connectivity index (χ0n) is 12.1. The minimum absolute atomic E-state index is 0.203. The van der Waals surface area contributed by atoms with E-state index in [0.29, 0.717) is 18.2 Å². The van der Waals surface area contributed by atoms with Crippen molar-refractivity contribution >= 4 is 23.3 Å². The lowest BCUT2D eigenvalue weighted by Crippen LogP contribution is -2.48. The molecule has 0 amide bonds. The smallest absolute Gasteiger partial charge is 0.330 e. The van der Waals surface area contributed by atoms with Crippen LogP contribution in [-0.2, 0) is 9.63 Å². The third-order valence-electron chi connectivity index (χ3n) is 3.14. The van der Waals surface area contributed by atoms with Gasteiger partial charge in [-0.15, -0.1) is 5.06 Å². The topological polar surface area (TPSA) is 45.7 Å². The number of hydrogen-bond acceptors (Lipinski definition) is 5. The third-order valence-corrected chi connectivity index (χ3v) is 3.43. The molecular weight excluding hydrogens is 278 g/mol. The van der Waals surface area contributed by atoms with E-state index in [2.05, 4.69) is 9.88 Å². The normalized spacial score (nSPS) is 17.1. The number of pyridine rings is 1. The van der Waals surface area contributed by atoms with Crippen LogP contribution in [0.2, 0.25) is 5.15 Å². The number of nitrogens with zero attached hydrogens (tertiary/aromatic N) is 3. The second-order valence-corrected chi connectivity index (χ2v) is 6.22. The van der Waals surface area contributed by atoms with Crippen molar-refractivity contribution in [3.63, 3.8) is 0 Å². The van der Waals surface area contributed by atoms with Gasteiger partial charge in [0.2, 0.25) is 0 Å². The van der Waals surface area contributed by atoms with Gasteiger partial charge in [-0.25, -0.2) is 9.78 Å². The molecule has 1 aromatic rings. The highest BCUT2D eigenvalue weighted by Crippen LogP contribution is 2.24. The van der Waals surface area contributed by atoms with Gasteiger partial charge in [-0.05, 0) is 32.9 Å². The molecular formula is C14H20ClN3O2. The first-order valence-electron chi connectivity index (χ1n) is 6.71. The van der Waals surface area contributed by atoms with E-state index in [4.69, 9.17) is 16.4 Å². The van der Waals surface area contributed by atoms with Crippen LogP contribution >= 0.6 is 11.6 Å². The van der Waals surface area contributed by atoms with E-state index in [1.165, 1.54) is 0 Å². The van der Waals surface area contributed by atoms with Gasteiger partial charge in [0.1, 0.15) is 0 Å². The Hall–Kier alpha value is -1.33. The first-order chi connectivity index (χ1) is 9.38. The van der Waals surface area contributed by atoms with Gasteiger partial charge in [0.15, 0.2) is 5.15 Å². The van der Waals surface area contributed by atoms with Gasteiger partial charge < -0.3 is 9.74 Å². The summed E-state index contributed by atoms with van der Waals surface area (Å²) in [5, 5.41) is 2.22. The number of carbonyl (C=O) groups is 1. The molecule has 0 spiro atoms. The highest BCUT2D eigenvalue weighted by atomic mass is 35.5. The number of hydroxylamine groups is 2. The Bertz CT molecular complexity index is 480. The van der Waals surface area contributed by atoms with Crippen molar-refractivity contribution in [2.45, 2.75) is 20.8 Å². The van der Waals surface area contributed by atoms with Crippen LogP contribution in [0.1, 0.15) is 20.8 Å². The molecule has 2 heterocycles. The summed E-state index contributed by atoms with van der Waals surface area (Å²) >= 11 is 6.09. The van der Waals surface area contributed by atoms with E-state index < -0.39 is 5.41 Å². The molecule has 0 aliphatic carbocycles. The van der Waals surface area contributed by atoms with Crippen LogP contribution in [0.5, 0.6) is 0 Å². The lowest BCUT2D eigenvalue weighted by molar-refractivity contribution is -0.201. The van der Waals surface area contributed by atoms with E-state index >= 15 is 0 Å². The van der Waals surface area contributed by atoms with Crippen LogP contribution in [0.3, 0.4) is 0 Å². The number of rotatable bonds is 2. The number of halogens is 1. The van der Waals surface area contributed by atoms with Crippen molar-refractivity contribution in [3.8, 4) is 0 Å². The molecule has 0 N–H and O–H groups in total. The summed E-state index contributed by atoms with van der Waals surface area (Å²) in [6.07, 6.45) is 1.67. The average molecular weight is 298 g/mol. The van der Waals surface area contributed by atoms with E-state index in [1.807, 2.05) is 32.9 Å². The summed E-state index contributed by atoms with van der Waals surface area (Å²) in [5.41, 5.74) is 0.444. The Morgan fingerprint density at radius 3 is 2.50 bits per heavy atom. The van der Waals surface area contributed by atoms with Crippen molar-refractivity contribution in [2.24, 2.45) is 5.41 Å². The summed E-state index contributed by atoms with van der Waals surface area (Å²) in [6, 6.07) is 3.82. The minimum Gasteiger partial charge on any atom is -0.367 e. The fourth-order valence-corrected chi connectivity index (χ4v) is 2.13. The first kappa shape index (κ1) is 15.1. The number of piperazine rings is 1. The Morgan fingerprint density at radius 1 is 1.30 bits per heavy atom. The van der Waals surface area contributed by atoms with Gasteiger partial charge in [0.05, 0.1) is 24.2 Å². The second-order valence-electron chi connectivity index (χ2n) is 5.86. The van der Waals surface area contributed by atoms with Crippen LogP contribution in [0, 0.1) is 5.41 Å². The molecule has 0 radical (unpaired) electrons. The SMILES string of the molecule is CC(C)(C)C(=O)ON1CCN(c2cccnc2Cl)CC1. The van der Waals surface area contributed by atoms with Crippen molar-refractivity contribution < 1.29 is 9.63 Å². The number of carbonyl (C=O) groups excluding carboxylic acids is 1. The largest absolute Gasteiger partial charge is 0.367 e. The maximum atomic E-state index is 11.8. The molecule has 1 aliphatic rings. The molecule has 20 heavy (non-hydrogen) atoms. The van der Waals surface area contributed by atoms with Crippen LogP contribution < -0.4 is 4.90 Å². The zero-order valence-corrected chi connectivity index (χ0v) is 12.9. The quantitative estimate of drug-likeness (QED) is 0.784. The fourth-order valence-electron chi connectivity index (χ4n) is 1.89. The highest BCUT2D eigenvalue weighted by Gasteiger charge is 2.28. The van der Waals surface area contributed by atoms with Crippen LogP contribution in [-0.4, -0.2) is 42.2 Å². The predicted molar refractivity (Wildman–Crippen MR) is 78.6 cm³/mol. The van der Waals surface area contributed by atoms with Gasteiger partial charge in [-0.1, -0.05) is 11.6 Å². The molecule has 0 atom stereocenters. The lowest BCUT2D eigenvalue weighted by atomic mass is 9.98. The predicted octanol–water partition coefficient (Wildman–Crippen LogP) is 2.36. The van der Waals surface area contributed by atoms with Crippen molar-refractivity contribution in [2.75, 3.05) is 31.1 Å². The van der Waals surface area contributed by atoms with Crippen molar-refractivity contribution in [1.82, 2.24) is 10.0 Å². The number of aromatic nitrogens is 1. The van der Waals surface area contributed by atoms with Crippen LogP contribution in [0.15, 0.2) is 18.3 Å². The van der Waals surface area contributed by atoms with Crippen LogP contribution in [0.25, 0.3) is 0 Å². The standard InChI is InChI=1S/C14H20ClN3O2/c1-14(2,3)13(19)20-18-9-7-17(8-10-18)11-5-4-6-16-12(11)15/h4-6H,7-10H2,1-3H3. The Kier molecular flexibility index (Phi) is 4.50. The molecule has 2 rings (SSSR count). The summed E-state index contributed by atoms with van der Waals surface area (Å²) in [6.45, 7) is 8.37. The molecule has 1 aromatic heterocycles. The summed E-state index contributed by atoms with van der Waals surface area (Å²) < 4.78 is 0. The first-order valence-corrected chi connectivity index (χ1v) is 7.08. The molecule has 5 nitrogen and oxygen atoms in total. The van der Waals surface area contributed by atoms with Gasteiger partial charge in [-0.3, -0.25) is 0 Å². The van der Waals surface area contributed by atoms with Gasteiger partial charge in [-0.2, -0.15) is 0 Å². The van der Waals surface area contributed by atoms with Crippen molar-refractivity contribution in [3.05, 3.63) is 23.5 Å². The number of hydrogen-bond donors (Lipinski definition) is 0. The molecule has 0 aromatic carbocycles. The molecule has 1 fully saturated rings. The molecule has 0 saturated carbocycles. The molecule has 110 valence electrons. The van der Waals surface area contributed by atoms with Gasteiger partial charge in [0.25, 0.3) is 0 Å². The van der Waals surface area contributed by atoms with E-state index in [9.17, 15) is 4.79 Å². The highest BCUT2D eigenvalue weighted by molar-refractivity contribution is 6.32. The summed E-state index contributed by atoms with van der Waals surface area (Å²) in [7, 11) is 0. The maximum absolute atomic E-state index is 11.8. The molecule has 1 saturated heterocycles. The summed E-state index contributed by atoms with van der Waals surface area (Å²) in [5.74, 6) is -0.203. The van der Waals surface area contributed by atoms with E-state index in [-0.39, 0.29) is 5.97 Å². The lowest BCUT2D eigenvalue weighted by Gasteiger charge is -2.35. The average Bonchev–Trinajstić information content (AvgIpc) is 2.39. The van der Waals surface area contributed by atoms with Crippen LogP contribution in [0.4, 0.5) is 5.69 Å².